The normalized spacial score (nSPS) is 25.4. The van der Waals surface area contributed by atoms with Crippen LogP contribution < -0.4 is 16.2 Å². The first-order chi connectivity index (χ1) is 9.98. The van der Waals surface area contributed by atoms with Gasteiger partial charge in [-0.3, -0.25) is 9.69 Å². The van der Waals surface area contributed by atoms with Crippen molar-refractivity contribution in [1.29, 1.82) is 0 Å². The zero-order valence-corrected chi connectivity index (χ0v) is 12.2. The van der Waals surface area contributed by atoms with Crippen molar-refractivity contribution in [2.75, 3.05) is 25.6 Å². The SMILES string of the molecule is CC1(C(N)=O)CCN(Cc2cc(N)cc3c2OCOC3)C1. The summed E-state index contributed by atoms with van der Waals surface area (Å²) < 4.78 is 10.9. The van der Waals surface area contributed by atoms with Gasteiger partial charge in [0.05, 0.1) is 12.0 Å². The molecule has 2 heterocycles. The average molecular weight is 291 g/mol. The number of anilines is 1. The van der Waals surface area contributed by atoms with Crippen LogP contribution in [-0.4, -0.2) is 30.7 Å². The van der Waals surface area contributed by atoms with Crippen molar-refractivity contribution in [2.24, 2.45) is 11.1 Å². The van der Waals surface area contributed by atoms with Gasteiger partial charge >= 0.3 is 0 Å². The predicted octanol–water partition coefficient (Wildman–Crippen LogP) is 0.833. The highest BCUT2D eigenvalue weighted by Crippen LogP contribution is 2.35. The number of carbonyl (C=O) groups excluding carboxylic acids is 1. The number of nitrogens with two attached hydrogens (primary N) is 2. The van der Waals surface area contributed by atoms with E-state index in [1.807, 2.05) is 19.1 Å². The third kappa shape index (κ3) is 2.69. The lowest BCUT2D eigenvalue weighted by Crippen LogP contribution is -2.37. The number of amides is 1. The molecule has 0 aliphatic carbocycles. The monoisotopic (exact) mass is 291 g/mol. The molecule has 0 aromatic heterocycles. The summed E-state index contributed by atoms with van der Waals surface area (Å²) >= 11 is 0. The Morgan fingerprint density at radius 2 is 2.29 bits per heavy atom. The molecule has 2 aliphatic rings. The fourth-order valence-electron chi connectivity index (χ4n) is 3.08. The van der Waals surface area contributed by atoms with Gasteiger partial charge < -0.3 is 20.9 Å². The summed E-state index contributed by atoms with van der Waals surface area (Å²) in [6.45, 7) is 4.93. The fraction of sp³-hybridized carbons (Fsp3) is 0.533. The third-order valence-corrected chi connectivity index (χ3v) is 4.35. The van der Waals surface area contributed by atoms with Gasteiger partial charge in [0.2, 0.25) is 5.91 Å². The molecule has 1 aromatic rings. The molecule has 0 saturated carbocycles. The molecule has 6 nitrogen and oxygen atoms in total. The molecule has 1 amide bonds. The number of ether oxygens (including phenoxy) is 2. The predicted molar refractivity (Wildman–Crippen MR) is 78.3 cm³/mol. The Kier molecular flexibility index (Phi) is 3.51. The van der Waals surface area contributed by atoms with Gasteiger partial charge in [0.15, 0.2) is 6.79 Å². The second kappa shape index (κ2) is 5.20. The van der Waals surface area contributed by atoms with Gasteiger partial charge in [0.25, 0.3) is 0 Å². The van der Waals surface area contributed by atoms with Gasteiger partial charge in [-0.1, -0.05) is 0 Å². The lowest BCUT2D eigenvalue weighted by molar-refractivity contribution is -0.126. The van der Waals surface area contributed by atoms with E-state index >= 15 is 0 Å². The summed E-state index contributed by atoms with van der Waals surface area (Å²) in [4.78, 5) is 13.8. The first-order valence-corrected chi connectivity index (χ1v) is 7.12. The van der Waals surface area contributed by atoms with Crippen LogP contribution in [-0.2, 0) is 22.7 Å². The van der Waals surface area contributed by atoms with Crippen molar-refractivity contribution < 1.29 is 14.3 Å². The molecular weight excluding hydrogens is 270 g/mol. The molecule has 1 saturated heterocycles. The smallest absolute Gasteiger partial charge is 0.224 e. The summed E-state index contributed by atoms with van der Waals surface area (Å²) in [7, 11) is 0. The van der Waals surface area contributed by atoms with E-state index in [1.54, 1.807) is 0 Å². The molecule has 1 atom stereocenters. The molecule has 21 heavy (non-hydrogen) atoms. The molecular formula is C15H21N3O3. The summed E-state index contributed by atoms with van der Waals surface area (Å²) in [5.41, 5.74) is 13.7. The minimum Gasteiger partial charge on any atom is -0.467 e. The standard InChI is InChI=1S/C15H21N3O3/c1-15(14(17)19)2-3-18(8-15)6-10-4-12(16)5-11-7-20-9-21-13(10)11/h4-5H,2-3,6-9,16H2,1H3,(H2,17,19). The quantitative estimate of drug-likeness (QED) is 0.805. The van der Waals surface area contributed by atoms with E-state index in [9.17, 15) is 4.79 Å². The van der Waals surface area contributed by atoms with Crippen LogP contribution in [0.2, 0.25) is 0 Å². The number of primary amides is 1. The maximum Gasteiger partial charge on any atom is 0.224 e. The summed E-state index contributed by atoms with van der Waals surface area (Å²) in [5.74, 6) is 0.632. The molecule has 6 heteroatoms. The van der Waals surface area contributed by atoms with Crippen molar-refractivity contribution in [1.82, 2.24) is 4.90 Å². The van der Waals surface area contributed by atoms with E-state index in [1.165, 1.54) is 0 Å². The second-order valence-corrected chi connectivity index (χ2v) is 6.16. The molecule has 114 valence electrons. The first-order valence-electron chi connectivity index (χ1n) is 7.12. The van der Waals surface area contributed by atoms with Gasteiger partial charge in [-0.2, -0.15) is 0 Å². The highest BCUT2D eigenvalue weighted by molar-refractivity contribution is 5.81. The fourth-order valence-corrected chi connectivity index (χ4v) is 3.08. The van der Waals surface area contributed by atoms with E-state index in [4.69, 9.17) is 20.9 Å². The van der Waals surface area contributed by atoms with E-state index in [-0.39, 0.29) is 12.7 Å². The van der Waals surface area contributed by atoms with Gasteiger partial charge in [-0.15, -0.1) is 0 Å². The zero-order chi connectivity index (χ0) is 15.0. The van der Waals surface area contributed by atoms with Crippen molar-refractivity contribution in [3.63, 3.8) is 0 Å². The van der Waals surface area contributed by atoms with Crippen LogP contribution in [0.5, 0.6) is 5.75 Å². The Hall–Kier alpha value is -1.79. The molecule has 0 radical (unpaired) electrons. The van der Waals surface area contributed by atoms with E-state index in [0.717, 1.165) is 29.8 Å². The average Bonchev–Trinajstić information content (AvgIpc) is 2.81. The molecule has 1 aromatic carbocycles. The van der Waals surface area contributed by atoms with E-state index in [0.29, 0.717) is 25.4 Å². The minimum absolute atomic E-state index is 0.232. The molecule has 4 N–H and O–H groups in total. The number of hydrogen-bond donors (Lipinski definition) is 2. The Morgan fingerprint density at radius 3 is 3.00 bits per heavy atom. The Bertz CT molecular complexity index is 576. The van der Waals surface area contributed by atoms with Gasteiger partial charge in [-0.25, -0.2) is 0 Å². The van der Waals surface area contributed by atoms with Crippen LogP contribution in [0, 0.1) is 5.41 Å². The number of benzene rings is 1. The first kappa shape index (κ1) is 14.2. The maximum absolute atomic E-state index is 11.5. The summed E-state index contributed by atoms with van der Waals surface area (Å²) in [6.07, 6.45) is 0.788. The molecule has 1 unspecified atom stereocenters. The molecule has 1 fully saturated rings. The number of rotatable bonds is 3. The second-order valence-electron chi connectivity index (χ2n) is 6.16. The van der Waals surface area contributed by atoms with Crippen LogP contribution in [0.25, 0.3) is 0 Å². The summed E-state index contributed by atoms with van der Waals surface area (Å²) in [6, 6.07) is 3.82. The van der Waals surface area contributed by atoms with Crippen LogP contribution in [0.3, 0.4) is 0 Å². The number of likely N-dealkylation sites (tertiary alicyclic amines) is 1. The van der Waals surface area contributed by atoms with Crippen molar-refractivity contribution in [2.45, 2.75) is 26.5 Å². The van der Waals surface area contributed by atoms with Gasteiger partial charge in [-0.05, 0) is 32.0 Å². The number of hydrogen-bond acceptors (Lipinski definition) is 5. The van der Waals surface area contributed by atoms with E-state index < -0.39 is 5.41 Å². The molecule has 0 spiro atoms. The van der Waals surface area contributed by atoms with E-state index in [2.05, 4.69) is 4.90 Å². The third-order valence-electron chi connectivity index (χ3n) is 4.35. The van der Waals surface area contributed by atoms with Crippen molar-refractivity contribution >= 4 is 11.6 Å². The number of carbonyl (C=O) groups is 1. The number of nitrogens with zero attached hydrogens (tertiary/aromatic N) is 1. The van der Waals surface area contributed by atoms with Crippen LogP contribution >= 0.6 is 0 Å². The zero-order valence-electron chi connectivity index (χ0n) is 12.2. The van der Waals surface area contributed by atoms with Crippen LogP contribution in [0.4, 0.5) is 5.69 Å². The largest absolute Gasteiger partial charge is 0.467 e. The summed E-state index contributed by atoms with van der Waals surface area (Å²) in [5, 5.41) is 0. The Labute approximate surface area is 124 Å². The Balaban J connectivity index is 1.80. The lowest BCUT2D eigenvalue weighted by Gasteiger charge is -2.25. The highest BCUT2D eigenvalue weighted by atomic mass is 16.7. The van der Waals surface area contributed by atoms with Gasteiger partial charge in [0, 0.05) is 29.9 Å². The highest BCUT2D eigenvalue weighted by Gasteiger charge is 2.39. The van der Waals surface area contributed by atoms with Gasteiger partial charge in [0.1, 0.15) is 5.75 Å². The van der Waals surface area contributed by atoms with Crippen LogP contribution in [0.1, 0.15) is 24.5 Å². The van der Waals surface area contributed by atoms with Crippen LogP contribution in [0.15, 0.2) is 12.1 Å². The molecule has 2 aliphatic heterocycles. The minimum atomic E-state index is -0.440. The molecule has 3 rings (SSSR count). The lowest BCUT2D eigenvalue weighted by atomic mass is 9.89. The number of nitrogen functional groups attached to an aromatic ring is 1. The Morgan fingerprint density at radius 1 is 1.48 bits per heavy atom. The maximum atomic E-state index is 11.5. The van der Waals surface area contributed by atoms with Crippen molar-refractivity contribution in [3.8, 4) is 5.75 Å². The number of fused-ring (bicyclic) bond motifs is 1. The molecule has 0 bridgehead atoms. The van der Waals surface area contributed by atoms with Crippen molar-refractivity contribution in [3.05, 3.63) is 23.3 Å². The topological polar surface area (TPSA) is 90.8 Å².